The van der Waals surface area contributed by atoms with Crippen molar-refractivity contribution < 1.29 is 9.90 Å². The molecule has 0 radical (unpaired) electrons. The number of carbonyl (C=O) groups excluding carboxylic acids is 1. The molecular weight excluding hydrogens is 370 g/mol. The molecule has 1 fully saturated rings. The summed E-state index contributed by atoms with van der Waals surface area (Å²) in [6.07, 6.45) is 0.604. The standard InChI is InChI=1S/C22H23N3O2S/c23-19-8-7-17(21-2-1-11-28-21)12-20(19)24-22(27)16-5-3-15(4-6-16)13-25-10-9-18(26)14-25/h1-8,11-12,18,26H,9-10,13-14,23H2,(H,24,27)/t18-/m1/s1. The summed E-state index contributed by atoms with van der Waals surface area (Å²) in [5.41, 5.74) is 9.96. The Balaban J connectivity index is 1.44. The van der Waals surface area contributed by atoms with Crippen molar-refractivity contribution in [2.75, 3.05) is 24.1 Å². The molecule has 1 saturated heterocycles. The highest BCUT2D eigenvalue weighted by Gasteiger charge is 2.20. The zero-order valence-corrected chi connectivity index (χ0v) is 16.3. The maximum absolute atomic E-state index is 12.7. The molecule has 0 spiro atoms. The van der Waals surface area contributed by atoms with Gasteiger partial charge in [0, 0.05) is 30.1 Å². The number of likely N-dealkylation sites (tertiary alicyclic amines) is 1. The second-order valence-electron chi connectivity index (χ2n) is 7.11. The molecule has 4 N–H and O–H groups in total. The molecule has 28 heavy (non-hydrogen) atoms. The van der Waals surface area contributed by atoms with Crippen LogP contribution in [0, 0.1) is 0 Å². The first kappa shape index (κ1) is 18.7. The Hall–Kier alpha value is -2.67. The normalized spacial score (nSPS) is 17.0. The number of anilines is 2. The largest absolute Gasteiger partial charge is 0.397 e. The number of rotatable bonds is 5. The van der Waals surface area contributed by atoms with E-state index in [2.05, 4.69) is 10.2 Å². The van der Waals surface area contributed by atoms with Crippen LogP contribution in [-0.2, 0) is 6.54 Å². The molecule has 1 amide bonds. The number of nitrogens with two attached hydrogens (primary N) is 1. The summed E-state index contributed by atoms with van der Waals surface area (Å²) in [5.74, 6) is -0.182. The Morgan fingerprint density at radius 1 is 1.21 bits per heavy atom. The van der Waals surface area contributed by atoms with Crippen LogP contribution in [0.1, 0.15) is 22.3 Å². The fourth-order valence-corrected chi connectivity index (χ4v) is 4.15. The average Bonchev–Trinajstić information content (AvgIpc) is 3.36. The summed E-state index contributed by atoms with van der Waals surface area (Å²) in [4.78, 5) is 16.0. The van der Waals surface area contributed by atoms with Crippen LogP contribution in [0.15, 0.2) is 60.0 Å². The minimum absolute atomic E-state index is 0.182. The van der Waals surface area contributed by atoms with E-state index < -0.39 is 0 Å². The molecule has 2 aromatic carbocycles. The van der Waals surface area contributed by atoms with Gasteiger partial charge in [0.05, 0.1) is 17.5 Å². The summed E-state index contributed by atoms with van der Waals surface area (Å²) in [5, 5.41) is 14.6. The van der Waals surface area contributed by atoms with Crippen LogP contribution in [-0.4, -0.2) is 35.1 Å². The van der Waals surface area contributed by atoms with E-state index in [1.165, 1.54) is 0 Å². The fraction of sp³-hybridized carbons (Fsp3) is 0.227. The minimum Gasteiger partial charge on any atom is -0.397 e. The van der Waals surface area contributed by atoms with Gasteiger partial charge in [-0.1, -0.05) is 24.3 Å². The van der Waals surface area contributed by atoms with Gasteiger partial charge in [-0.15, -0.1) is 11.3 Å². The minimum atomic E-state index is -0.222. The lowest BCUT2D eigenvalue weighted by atomic mass is 10.1. The van der Waals surface area contributed by atoms with Gasteiger partial charge in [0.15, 0.2) is 0 Å². The van der Waals surface area contributed by atoms with E-state index in [4.69, 9.17) is 5.73 Å². The molecule has 2 heterocycles. The summed E-state index contributed by atoms with van der Waals surface area (Å²) < 4.78 is 0. The van der Waals surface area contributed by atoms with Gasteiger partial charge in [-0.25, -0.2) is 0 Å². The third-order valence-electron chi connectivity index (χ3n) is 4.98. The number of benzene rings is 2. The number of β-amino-alcohol motifs (C(OH)–C–C–N with tert-alkyl or cyclic N) is 1. The molecule has 0 aliphatic carbocycles. The van der Waals surface area contributed by atoms with E-state index in [0.717, 1.165) is 35.5 Å². The molecule has 5 nitrogen and oxygen atoms in total. The number of hydrogen-bond acceptors (Lipinski definition) is 5. The lowest BCUT2D eigenvalue weighted by Crippen LogP contribution is -2.21. The second kappa shape index (κ2) is 8.14. The average molecular weight is 394 g/mol. The first-order valence-electron chi connectivity index (χ1n) is 9.32. The van der Waals surface area contributed by atoms with E-state index in [1.807, 2.05) is 60.0 Å². The van der Waals surface area contributed by atoms with E-state index >= 15 is 0 Å². The number of nitrogens with one attached hydrogen (secondary N) is 1. The van der Waals surface area contributed by atoms with E-state index in [9.17, 15) is 9.90 Å². The van der Waals surface area contributed by atoms with Crippen molar-refractivity contribution in [3.63, 3.8) is 0 Å². The predicted octanol–water partition coefficient (Wildman–Crippen LogP) is 3.82. The Kier molecular flexibility index (Phi) is 5.43. The van der Waals surface area contributed by atoms with Crippen molar-refractivity contribution in [1.29, 1.82) is 0 Å². The molecule has 0 unspecified atom stereocenters. The van der Waals surface area contributed by atoms with Gasteiger partial charge in [-0.2, -0.15) is 0 Å². The highest BCUT2D eigenvalue weighted by Crippen LogP contribution is 2.30. The van der Waals surface area contributed by atoms with Gasteiger partial charge in [0.2, 0.25) is 0 Å². The van der Waals surface area contributed by atoms with Crippen LogP contribution in [0.4, 0.5) is 11.4 Å². The summed E-state index contributed by atoms with van der Waals surface area (Å²) in [6.45, 7) is 2.40. The van der Waals surface area contributed by atoms with Crippen LogP contribution < -0.4 is 11.1 Å². The first-order valence-corrected chi connectivity index (χ1v) is 10.2. The zero-order chi connectivity index (χ0) is 19.5. The highest BCUT2D eigenvalue weighted by molar-refractivity contribution is 7.13. The molecule has 3 aromatic rings. The molecule has 0 saturated carbocycles. The quantitative estimate of drug-likeness (QED) is 0.576. The van der Waals surface area contributed by atoms with Crippen LogP contribution >= 0.6 is 11.3 Å². The third kappa shape index (κ3) is 4.25. The maximum Gasteiger partial charge on any atom is 0.255 e. The monoisotopic (exact) mass is 393 g/mol. The number of nitrogens with zero attached hydrogens (tertiary/aromatic N) is 1. The van der Waals surface area contributed by atoms with Crippen molar-refractivity contribution in [1.82, 2.24) is 4.90 Å². The molecule has 1 aliphatic rings. The Morgan fingerprint density at radius 2 is 2.04 bits per heavy atom. The molecule has 1 aliphatic heterocycles. The number of aliphatic hydroxyl groups excluding tert-OH is 1. The van der Waals surface area contributed by atoms with Crippen LogP contribution in [0.5, 0.6) is 0 Å². The van der Waals surface area contributed by atoms with Crippen LogP contribution in [0.3, 0.4) is 0 Å². The molecule has 4 rings (SSSR count). The van der Waals surface area contributed by atoms with E-state index in [0.29, 0.717) is 23.5 Å². The van der Waals surface area contributed by atoms with Crippen molar-refractivity contribution >= 4 is 28.6 Å². The molecular formula is C22H23N3O2S. The topological polar surface area (TPSA) is 78.6 Å². The van der Waals surface area contributed by atoms with Crippen molar-refractivity contribution in [2.45, 2.75) is 19.1 Å². The third-order valence-corrected chi connectivity index (χ3v) is 5.90. The Morgan fingerprint density at radius 3 is 2.71 bits per heavy atom. The molecule has 144 valence electrons. The summed E-state index contributed by atoms with van der Waals surface area (Å²) in [6, 6.07) is 17.3. The highest BCUT2D eigenvalue weighted by atomic mass is 32.1. The number of nitrogen functional groups attached to an aromatic ring is 1. The van der Waals surface area contributed by atoms with E-state index in [1.54, 1.807) is 11.3 Å². The molecule has 1 atom stereocenters. The molecule has 6 heteroatoms. The van der Waals surface area contributed by atoms with Crippen molar-refractivity contribution in [3.8, 4) is 10.4 Å². The van der Waals surface area contributed by atoms with Gasteiger partial charge < -0.3 is 16.2 Å². The van der Waals surface area contributed by atoms with Gasteiger partial charge >= 0.3 is 0 Å². The van der Waals surface area contributed by atoms with Gasteiger partial charge in [-0.3, -0.25) is 9.69 Å². The lowest BCUT2D eigenvalue weighted by Gasteiger charge is -2.15. The van der Waals surface area contributed by atoms with Gasteiger partial charge in [0.25, 0.3) is 5.91 Å². The predicted molar refractivity (Wildman–Crippen MR) is 114 cm³/mol. The van der Waals surface area contributed by atoms with Gasteiger partial charge in [0.1, 0.15) is 0 Å². The smallest absolute Gasteiger partial charge is 0.255 e. The number of hydrogen-bond donors (Lipinski definition) is 3. The van der Waals surface area contributed by atoms with Crippen molar-refractivity contribution in [3.05, 3.63) is 71.1 Å². The SMILES string of the molecule is Nc1ccc(-c2cccs2)cc1NC(=O)c1ccc(CN2CC[C@@H](O)C2)cc1. The Bertz CT molecular complexity index is 954. The van der Waals surface area contributed by atoms with E-state index in [-0.39, 0.29) is 12.0 Å². The summed E-state index contributed by atoms with van der Waals surface area (Å²) >= 11 is 1.65. The summed E-state index contributed by atoms with van der Waals surface area (Å²) in [7, 11) is 0. The number of amides is 1. The van der Waals surface area contributed by atoms with Gasteiger partial charge in [-0.05, 0) is 53.3 Å². The Labute approximate surface area is 168 Å². The molecule has 1 aromatic heterocycles. The lowest BCUT2D eigenvalue weighted by molar-refractivity contribution is 0.102. The zero-order valence-electron chi connectivity index (χ0n) is 15.5. The van der Waals surface area contributed by atoms with Crippen LogP contribution in [0.2, 0.25) is 0 Å². The number of aliphatic hydroxyl groups is 1. The fourth-order valence-electron chi connectivity index (χ4n) is 3.43. The number of carbonyl (C=O) groups is 1. The first-order chi connectivity index (χ1) is 13.6. The van der Waals surface area contributed by atoms with Crippen molar-refractivity contribution in [2.24, 2.45) is 0 Å². The second-order valence-corrected chi connectivity index (χ2v) is 8.06. The molecule has 0 bridgehead atoms. The maximum atomic E-state index is 12.7. The van der Waals surface area contributed by atoms with Crippen LogP contribution in [0.25, 0.3) is 10.4 Å². The number of thiophene rings is 1.